The molecule has 0 bridgehead atoms. The van der Waals surface area contributed by atoms with E-state index in [2.05, 4.69) is 0 Å². The van der Waals surface area contributed by atoms with Gasteiger partial charge in [-0.2, -0.15) is 0 Å². The predicted molar refractivity (Wildman–Crippen MR) is 171 cm³/mol. The number of aliphatic hydroxyl groups excluding tert-OH is 1. The number of benzene rings is 3. The molecular formula is C35H35N3O4S. The molecule has 3 amide bonds. The quantitative estimate of drug-likeness (QED) is 0.436. The monoisotopic (exact) mass is 593 g/mol. The van der Waals surface area contributed by atoms with Gasteiger partial charge in [0, 0.05) is 29.7 Å². The Labute approximate surface area is 255 Å². The summed E-state index contributed by atoms with van der Waals surface area (Å²) in [4.78, 5) is 49.0. The number of aliphatic hydroxyl groups is 1. The molecule has 3 aromatic rings. The van der Waals surface area contributed by atoms with E-state index >= 15 is 0 Å². The van der Waals surface area contributed by atoms with Gasteiger partial charge in [-0.05, 0) is 41.0 Å². The van der Waals surface area contributed by atoms with Gasteiger partial charge in [0.05, 0.1) is 29.2 Å². The molecule has 1 unspecified atom stereocenters. The second-order valence-corrected chi connectivity index (χ2v) is 13.7. The van der Waals surface area contributed by atoms with Crippen LogP contribution in [0.1, 0.15) is 13.8 Å². The number of para-hydroxylation sites is 1. The molecule has 8 heteroatoms. The molecule has 4 aliphatic rings. The first-order valence-electron chi connectivity index (χ1n) is 15.0. The van der Waals surface area contributed by atoms with Crippen molar-refractivity contribution in [3.05, 3.63) is 97.1 Å². The summed E-state index contributed by atoms with van der Waals surface area (Å²) in [7, 11) is 0. The van der Waals surface area contributed by atoms with Crippen molar-refractivity contribution in [1.29, 1.82) is 0 Å². The maximum atomic E-state index is 14.8. The van der Waals surface area contributed by atoms with Gasteiger partial charge in [-0.1, -0.05) is 86.7 Å². The summed E-state index contributed by atoms with van der Waals surface area (Å²) in [6.07, 6.45) is 8.07. The van der Waals surface area contributed by atoms with Crippen molar-refractivity contribution < 1.29 is 19.5 Å². The fourth-order valence-corrected chi connectivity index (χ4v) is 9.46. The number of carbonyl (C=O) groups is 3. The Bertz CT molecular complexity index is 1660. The van der Waals surface area contributed by atoms with E-state index in [0.29, 0.717) is 13.1 Å². The Morgan fingerprint density at radius 3 is 2.28 bits per heavy atom. The van der Waals surface area contributed by atoms with Crippen molar-refractivity contribution >= 4 is 51.6 Å². The number of anilines is 2. The molecule has 1 N–H and O–H groups in total. The first-order chi connectivity index (χ1) is 20.9. The summed E-state index contributed by atoms with van der Waals surface area (Å²) in [6, 6.07) is 22.1. The van der Waals surface area contributed by atoms with Gasteiger partial charge >= 0.3 is 0 Å². The Kier molecular flexibility index (Phi) is 6.94. The molecule has 4 heterocycles. The molecule has 2 fully saturated rings. The molecule has 1 spiro atoms. The topological polar surface area (TPSA) is 81.2 Å². The Morgan fingerprint density at radius 2 is 1.53 bits per heavy atom. The van der Waals surface area contributed by atoms with Crippen LogP contribution in [-0.4, -0.2) is 69.5 Å². The van der Waals surface area contributed by atoms with Crippen LogP contribution >= 0.6 is 11.8 Å². The minimum Gasteiger partial charge on any atom is -0.394 e. The average Bonchev–Trinajstić information content (AvgIpc) is 3.32. The summed E-state index contributed by atoms with van der Waals surface area (Å²) < 4.78 is -0.947. The summed E-state index contributed by atoms with van der Waals surface area (Å²) in [5, 5.41) is 12.4. The first-order valence-corrected chi connectivity index (χ1v) is 15.9. The lowest BCUT2D eigenvalue weighted by atomic mass is 9.78. The third-order valence-corrected chi connectivity index (χ3v) is 11.3. The van der Waals surface area contributed by atoms with Crippen LogP contribution in [-0.2, 0) is 14.4 Å². The summed E-state index contributed by atoms with van der Waals surface area (Å²) in [6.45, 7) is 4.43. The van der Waals surface area contributed by atoms with Crippen LogP contribution in [0.15, 0.2) is 97.1 Å². The van der Waals surface area contributed by atoms with Crippen molar-refractivity contribution in [3.8, 4) is 0 Å². The van der Waals surface area contributed by atoms with Crippen LogP contribution in [0.5, 0.6) is 0 Å². The lowest BCUT2D eigenvalue weighted by Crippen LogP contribution is -2.57. The lowest BCUT2D eigenvalue weighted by Gasteiger charge is -2.39. The fraction of sp³-hybridized carbons (Fsp3) is 0.343. The number of hydrogen-bond acceptors (Lipinski definition) is 5. The minimum atomic E-state index is -0.947. The summed E-state index contributed by atoms with van der Waals surface area (Å²) in [5.41, 5.74) is 1.54. The van der Waals surface area contributed by atoms with E-state index in [1.165, 1.54) is 0 Å². The molecule has 220 valence electrons. The molecule has 43 heavy (non-hydrogen) atoms. The second kappa shape index (κ2) is 10.7. The highest BCUT2D eigenvalue weighted by Gasteiger charge is 2.72. The van der Waals surface area contributed by atoms with Crippen LogP contribution in [0, 0.1) is 17.8 Å². The van der Waals surface area contributed by atoms with Gasteiger partial charge in [0.25, 0.3) is 5.91 Å². The van der Waals surface area contributed by atoms with E-state index < -0.39 is 28.7 Å². The van der Waals surface area contributed by atoms with Gasteiger partial charge in [-0.3, -0.25) is 14.4 Å². The van der Waals surface area contributed by atoms with Crippen molar-refractivity contribution in [3.63, 3.8) is 0 Å². The first kappa shape index (κ1) is 27.9. The van der Waals surface area contributed by atoms with Gasteiger partial charge in [-0.25, -0.2) is 0 Å². The molecule has 4 aliphatic heterocycles. The number of fused-ring (bicyclic) bond motifs is 3. The van der Waals surface area contributed by atoms with Crippen LogP contribution < -0.4 is 9.80 Å². The van der Waals surface area contributed by atoms with Crippen LogP contribution in [0.2, 0.25) is 0 Å². The molecule has 3 aromatic carbocycles. The molecule has 0 aliphatic carbocycles. The largest absolute Gasteiger partial charge is 0.394 e. The zero-order valence-corrected chi connectivity index (χ0v) is 25.1. The smallest absolute Gasteiger partial charge is 0.251 e. The van der Waals surface area contributed by atoms with Crippen molar-refractivity contribution in [1.82, 2.24) is 4.90 Å². The van der Waals surface area contributed by atoms with Crippen molar-refractivity contribution in [2.45, 2.75) is 35.9 Å². The maximum Gasteiger partial charge on any atom is 0.251 e. The van der Waals surface area contributed by atoms with E-state index in [-0.39, 0.29) is 35.5 Å². The van der Waals surface area contributed by atoms with Gasteiger partial charge < -0.3 is 19.8 Å². The van der Waals surface area contributed by atoms with E-state index in [1.807, 2.05) is 111 Å². The molecule has 0 radical (unpaired) electrons. The van der Waals surface area contributed by atoms with Crippen LogP contribution in [0.25, 0.3) is 10.8 Å². The lowest BCUT2D eigenvalue weighted by molar-refractivity contribution is -0.142. The number of carbonyl (C=O) groups excluding carboxylic acids is 3. The number of amides is 3. The molecule has 0 saturated carbocycles. The van der Waals surface area contributed by atoms with Crippen LogP contribution in [0.3, 0.4) is 0 Å². The highest BCUT2D eigenvalue weighted by Crippen LogP contribution is 2.61. The normalized spacial score (nSPS) is 29.1. The zero-order chi connectivity index (χ0) is 29.9. The summed E-state index contributed by atoms with van der Waals surface area (Å²) in [5.74, 6) is -1.99. The predicted octanol–water partition coefficient (Wildman–Crippen LogP) is 4.66. The Morgan fingerprint density at radius 1 is 0.837 bits per heavy atom. The van der Waals surface area contributed by atoms with Gasteiger partial charge in [-0.15, -0.1) is 11.8 Å². The average molecular weight is 594 g/mol. The molecular weight excluding hydrogens is 558 g/mol. The van der Waals surface area contributed by atoms with Crippen molar-refractivity contribution in [2.75, 3.05) is 29.5 Å². The Hall–Kier alpha value is -3.88. The van der Waals surface area contributed by atoms with E-state index in [4.69, 9.17) is 0 Å². The molecule has 6 atom stereocenters. The molecule has 0 aromatic heterocycles. The highest BCUT2D eigenvalue weighted by molar-refractivity contribution is 8.02. The van der Waals surface area contributed by atoms with E-state index in [0.717, 1.165) is 22.1 Å². The Balaban J connectivity index is 1.35. The maximum absolute atomic E-state index is 14.8. The third kappa shape index (κ3) is 4.25. The number of thioether (sulfide) groups is 1. The van der Waals surface area contributed by atoms with Gasteiger partial charge in [0.2, 0.25) is 11.8 Å². The minimum absolute atomic E-state index is 0.0923. The van der Waals surface area contributed by atoms with Gasteiger partial charge in [0.1, 0.15) is 6.04 Å². The second-order valence-electron chi connectivity index (χ2n) is 12.2. The van der Waals surface area contributed by atoms with Crippen molar-refractivity contribution in [2.24, 2.45) is 17.8 Å². The molecule has 7 nitrogen and oxygen atoms in total. The molecule has 7 rings (SSSR count). The third-order valence-electron chi connectivity index (χ3n) is 9.52. The standard InChI is InChI=1S/C35H35N3O4S/c1-22(2)27(21-39)38-31-34(42)37(26-16-15-23-10-6-7-11-24(23)20-26)19-9-17-35(31)30(33(38)41)29-28(43-35)14-8-18-36(32(29)40)25-12-4-3-5-13-25/h3-17,20,22,27-31,39H,18-19,21H2,1-2H3/t27-,28+,29-,30-,31?,35-/m0/s1. The number of nitrogens with zero attached hydrogens (tertiary/aromatic N) is 3. The number of rotatable bonds is 5. The van der Waals surface area contributed by atoms with E-state index in [1.54, 1.807) is 26.5 Å². The fourth-order valence-electron chi connectivity index (χ4n) is 7.47. The number of hydrogen-bond donors (Lipinski definition) is 1. The highest BCUT2D eigenvalue weighted by atomic mass is 32.2. The summed E-state index contributed by atoms with van der Waals surface area (Å²) >= 11 is 1.56. The van der Waals surface area contributed by atoms with Gasteiger partial charge in [0.15, 0.2) is 0 Å². The number of likely N-dealkylation sites (tertiary alicyclic amines) is 1. The molecule has 2 saturated heterocycles. The SMILES string of the molecule is CC(C)[C@H](CO)N1C(=O)[C@@H]2[C@H]3C(=O)N(c4ccccc4)CC=C[C@H]3S[C@@]23C=CCN(c2ccc4ccccc4c2)C(=O)C13. The van der Waals surface area contributed by atoms with Crippen LogP contribution in [0.4, 0.5) is 11.4 Å². The zero-order valence-electron chi connectivity index (χ0n) is 24.2. The van der Waals surface area contributed by atoms with E-state index in [9.17, 15) is 19.5 Å².